The third kappa shape index (κ3) is 8.30. The molecule has 4 rings (SSSR count). The Labute approximate surface area is 270 Å². The number of carbonyl (C=O) groups excluding carboxylic acids is 2. The highest BCUT2D eigenvalue weighted by Gasteiger charge is 2.38. The zero-order valence-electron chi connectivity index (χ0n) is 26.0. The van der Waals surface area contributed by atoms with Gasteiger partial charge in [0.25, 0.3) is 0 Å². The molecular formula is C34H41ClFN3O5S. The quantitative estimate of drug-likeness (QED) is 0.258. The van der Waals surface area contributed by atoms with E-state index in [4.69, 9.17) is 16.3 Å². The van der Waals surface area contributed by atoms with Crippen molar-refractivity contribution in [1.29, 1.82) is 0 Å². The van der Waals surface area contributed by atoms with Gasteiger partial charge in [-0.05, 0) is 72.7 Å². The largest absolute Gasteiger partial charge is 0.453 e. The van der Waals surface area contributed by atoms with Crippen LogP contribution in [0.25, 0.3) is 0 Å². The smallest absolute Gasteiger partial charge is 0.407 e. The summed E-state index contributed by atoms with van der Waals surface area (Å²) in [4.78, 5) is 26.6. The van der Waals surface area contributed by atoms with E-state index in [0.717, 1.165) is 5.56 Å². The lowest BCUT2D eigenvalue weighted by atomic mass is 9.79. The van der Waals surface area contributed by atoms with Crippen LogP contribution in [0, 0.1) is 11.7 Å². The second-order valence-electron chi connectivity index (χ2n) is 11.8. The van der Waals surface area contributed by atoms with Crippen molar-refractivity contribution in [3.8, 4) is 0 Å². The molecule has 1 heterocycles. The van der Waals surface area contributed by atoms with Crippen LogP contribution in [0.3, 0.4) is 0 Å². The van der Waals surface area contributed by atoms with Crippen LogP contribution in [-0.2, 0) is 32.4 Å². The first-order chi connectivity index (χ1) is 21.4. The Kier molecular flexibility index (Phi) is 11.8. The minimum Gasteiger partial charge on any atom is -0.453 e. The number of rotatable bonds is 12. The Bertz CT molecular complexity index is 1570. The molecule has 242 valence electrons. The van der Waals surface area contributed by atoms with E-state index in [9.17, 15) is 18.0 Å². The summed E-state index contributed by atoms with van der Waals surface area (Å²) >= 11 is 6.11. The Morgan fingerprint density at radius 1 is 1.04 bits per heavy atom. The molecule has 1 amide bonds. The Morgan fingerprint density at radius 3 is 2.38 bits per heavy atom. The number of Topliss-reactive ketones (excluding diaryl/α,β-unsaturated/α-hetero) is 1. The van der Waals surface area contributed by atoms with Crippen molar-refractivity contribution in [2.45, 2.75) is 69.0 Å². The van der Waals surface area contributed by atoms with Gasteiger partial charge in [0.15, 0.2) is 5.78 Å². The molecule has 45 heavy (non-hydrogen) atoms. The monoisotopic (exact) mass is 657 g/mol. The maximum atomic E-state index is 15.4. The Hall–Kier alpha value is -3.31. The number of carbonyl (C=O) groups is 2. The van der Waals surface area contributed by atoms with Gasteiger partial charge >= 0.3 is 6.09 Å². The van der Waals surface area contributed by atoms with Crippen LogP contribution >= 0.6 is 11.6 Å². The SMILES string of the molecule is COC(=O)N[C@H](C(=O)Cc1cccc(F)c1CC[C@H]1CNC[C@@H](C)N1S(=O)(=O)c1ccccc1)[C@@H](c1ccc(Cl)cc1)C(C)C. The zero-order chi connectivity index (χ0) is 32.7. The highest BCUT2D eigenvalue weighted by Crippen LogP contribution is 2.31. The number of benzene rings is 3. The number of amides is 1. The molecule has 2 N–H and O–H groups in total. The summed E-state index contributed by atoms with van der Waals surface area (Å²) < 4.78 is 49.1. The maximum Gasteiger partial charge on any atom is 0.407 e. The number of halogens is 2. The zero-order valence-corrected chi connectivity index (χ0v) is 27.6. The number of sulfonamides is 1. The van der Waals surface area contributed by atoms with E-state index in [1.54, 1.807) is 54.6 Å². The molecule has 0 spiro atoms. The number of alkyl carbamates (subject to hydrolysis) is 1. The predicted molar refractivity (Wildman–Crippen MR) is 173 cm³/mol. The van der Waals surface area contributed by atoms with Crippen molar-refractivity contribution in [2.24, 2.45) is 5.92 Å². The van der Waals surface area contributed by atoms with E-state index in [1.807, 2.05) is 32.9 Å². The molecule has 0 saturated carbocycles. The van der Waals surface area contributed by atoms with E-state index >= 15 is 4.39 Å². The highest BCUT2D eigenvalue weighted by molar-refractivity contribution is 7.89. The minimum absolute atomic E-state index is 0.0531. The van der Waals surface area contributed by atoms with Crippen LogP contribution in [-0.4, -0.2) is 62.9 Å². The van der Waals surface area contributed by atoms with Crippen molar-refractivity contribution >= 4 is 33.5 Å². The van der Waals surface area contributed by atoms with Gasteiger partial charge in [-0.25, -0.2) is 17.6 Å². The molecule has 11 heteroatoms. The van der Waals surface area contributed by atoms with Gasteiger partial charge < -0.3 is 15.4 Å². The van der Waals surface area contributed by atoms with Crippen molar-refractivity contribution in [2.75, 3.05) is 20.2 Å². The topological polar surface area (TPSA) is 105 Å². The van der Waals surface area contributed by atoms with Crippen molar-refractivity contribution < 1.29 is 27.1 Å². The molecule has 8 nitrogen and oxygen atoms in total. The minimum atomic E-state index is -3.79. The summed E-state index contributed by atoms with van der Waals surface area (Å²) in [5, 5.41) is 6.57. The van der Waals surface area contributed by atoms with Gasteiger partial charge in [0, 0.05) is 42.5 Å². The van der Waals surface area contributed by atoms with E-state index in [1.165, 1.54) is 17.5 Å². The fourth-order valence-corrected chi connectivity index (χ4v) is 8.23. The van der Waals surface area contributed by atoms with E-state index in [0.29, 0.717) is 35.7 Å². The molecule has 1 aliphatic rings. The normalized spacial score (nSPS) is 18.7. The number of nitrogens with one attached hydrogen (secondary N) is 2. The lowest BCUT2D eigenvalue weighted by Crippen LogP contribution is -2.58. The van der Waals surface area contributed by atoms with Crippen LogP contribution in [0.2, 0.25) is 5.02 Å². The number of methoxy groups -OCH3 is 1. The fraction of sp³-hybridized carbons (Fsp3) is 0.412. The van der Waals surface area contributed by atoms with Gasteiger partial charge in [-0.1, -0.05) is 67.9 Å². The number of nitrogens with zero attached hydrogens (tertiary/aromatic N) is 1. The summed E-state index contributed by atoms with van der Waals surface area (Å²) in [7, 11) is -2.56. The second-order valence-corrected chi connectivity index (χ2v) is 14.1. The summed E-state index contributed by atoms with van der Waals surface area (Å²) in [5.74, 6) is -1.23. The highest BCUT2D eigenvalue weighted by atomic mass is 35.5. The second kappa shape index (κ2) is 15.3. The third-order valence-electron chi connectivity index (χ3n) is 8.38. The summed E-state index contributed by atoms with van der Waals surface area (Å²) in [6.07, 6.45) is -0.320. The average molecular weight is 658 g/mol. The van der Waals surface area contributed by atoms with Crippen LogP contribution < -0.4 is 10.6 Å². The fourth-order valence-electron chi connectivity index (χ4n) is 6.24. The molecule has 0 unspecified atom stereocenters. The number of hydrogen-bond donors (Lipinski definition) is 2. The molecule has 0 bridgehead atoms. The maximum absolute atomic E-state index is 15.4. The molecule has 0 aliphatic carbocycles. The van der Waals surface area contributed by atoms with Gasteiger partial charge in [-0.2, -0.15) is 4.31 Å². The van der Waals surface area contributed by atoms with Gasteiger partial charge in [0.1, 0.15) is 5.82 Å². The molecule has 0 aromatic heterocycles. The molecule has 0 radical (unpaired) electrons. The number of ketones is 1. The van der Waals surface area contributed by atoms with Crippen molar-refractivity contribution in [3.05, 3.63) is 100 Å². The molecular weight excluding hydrogens is 617 g/mol. The van der Waals surface area contributed by atoms with E-state index < -0.39 is 39.9 Å². The van der Waals surface area contributed by atoms with Gasteiger partial charge in [-0.3, -0.25) is 4.79 Å². The average Bonchev–Trinajstić information content (AvgIpc) is 3.01. The predicted octanol–water partition coefficient (Wildman–Crippen LogP) is 5.74. The van der Waals surface area contributed by atoms with Gasteiger partial charge in [0.2, 0.25) is 10.0 Å². The number of ether oxygens (including phenoxy) is 1. The third-order valence-corrected chi connectivity index (χ3v) is 10.7. The molecule has 4 atom stereocenters. The lowest BCUT2D eigenvalue weighted by Gasteiger charge is -2.40. The van der Waals surface area contributed by atoms with E-state index in [2.05, 4.69) is 10.6 Å². The molecule has 3 aromatic rings. The van der Waals surface area contributed by atoms with Gasteiger partial charge in [0.05, 0.1) is 18.0 Å². The van der Waals surface area contributed by atoms with Crippen LogP contribution in [0.15, 0.2) is 77.7 Å². The number of hydrogen-bond acceptors (Lipinski definition) is 6. The standard InChI is InChI=1S/C34H41ClFN3O5S/c1-22(2)32(24-13-15-26(35)16-14-24)33(38-34(41)44-4)31(40)19-25-9-8-12-30(36)29(25)18-17-27-21-37-20-23(3)39(27)45(42,43)28-10-6-5-7-11-28/h5-16,22-23,27,32-33,37H,17-21H2,1-4H3,(H,38,41)/t23-,27+,32-,33-/m1/s1. The van der Waals surface area contributed by atoms with Crippen molar-refractivity contribution in [3.63, 3.8) is 0 Å². The molecule has 1 saturated heterocycles. The van der Waals surface area contributed by atoms with Crippen LogP contribution in [0.1, 0.15) is 49.8 Å². The summed E-state index contributed by atoms with van der Waals surface area (Å²) in [5.41, 5.74) is 1.66. The first kappa shape index (κ1) is 34.6. The Balaban J connectivity index is 1.60. The molecule has 3 aromatic carbocycles. The first-order valence-corrected chi connectivity index (χ1v) is 16.9. The summed E-state index contributed by atoms with van der Waals surface area (Å²) in [6.45, 7) is 6.69. The van der Waals surface area contributed by atoms with Crippen LogP contribution in [0.4, 0.5) is 9.18 Å². The van der Waals surface area contributed by atoms with Crippen molar-refractivity contribution in [1.82, 2.24) is 14.9 Å². The first-order valence-electron chi connectivity index (χ1n) is 15.1. The summed E-state index contributed by atoms with van der Waals surface area (Å²) in [6, 6.07) is 18.4. The molecule has 1 fully saturated rings. The Morgan fingerprint density at radius 2 is 1.73 bits per heavy atom. The van der Waals surface area contributed by atoms with Crippen LogP contribution in [0.5, 0.6) is 0 Å². The van der Waals surface area contributed by atoms with E-state index in [-0.39, 0.29) is 35.5 Å². The number of piperazine rings is 1. The lowest BCUT2D eigenvalue weighted by molar-refractivity contribution is -0.121. The van der Waals surface area contributed by atoms with Gasteiger partial charge in [-0.15, -0.1) is 0 Å². The molecule has 1 aliphatic heterocycles.